The molecule has 0 N–H and O–H groups in total. The zero-order chi connectivity index (χ0) is 14.3. The van der Waals surface area contributed by atoms with Gasteiger partial charge in [-0.1, -0.05) is 73.2 Å². The fraction of sp³-hybridized carbons (Fsp3) is 0.222. The normalized spacial score (nSPS) is 17.8. The van der Waals surface area contributed by atoms with Crippen LogP contribution in [-0.2, 0) is 0 Å². The van der Waals surface area contributed by atoms with Crippen LogP contribution in [0.25, 0.3) is 16.2 Å². The minimum atomic E-state index is -0.813. The molecule has 0 spiro atoms. The van der Waals surface area contributed by atoms with Gasteiger partial charge in [0.15, 0.2) is 0 Å². The summed E-state index contributed by atoms with van der Waals surface area (Å²) < 4.78 is 0. The number of allylic oxidation sites excluding steroid dienone is 1. The number of benzene rings is 2. The lowest BCUT2D eigenvalue weighted by molar-refractivity contribution is 1.10. The van der Waals surface area contributed by atoms with E-state index < -0.39 is 8.80 Å². The Morgan fingerprint density at radius 3 is 2.30 bits per heavy atom. The smallest absolute Gasteiger partial charge is 0.0479 e. The van der Waals surface area contributed by atoms with E-state index in [4.69, 9.17) is 11.6 Å². The molecule has 0 radical (unpaired) electrons. The van der Waals surface area contributed by atoms with Crippen molar-refractivity contribution in [1.29, 1.82) is 0 Å². The molecule has 0 nitrogen and oxygen atoms in total. The lowest BCUT2D eigenvalue weighted by Gasteiger charge is -2.18. The molecule has 0 amide bonds. The Hall–Kier alpha value is -1.31. The Kier molecular flexibility index (Phi) is 3.57. The van der Waals surface area contributed by atoms with Crippen molar-refractivity contribution in [2.45, 2.75) is 25.6 Å². The average Bonchev–Trinajstić information content (AvgIpc) is 2.72. The van der Waals surface area contributed by atoms with Gasteiger partial charge >= 0.3 is 0 Å². The van der Waals surface area contributed by atoms with E-state index in [1.54, 1.807) is 0 Å². The van der Waals surface area contributed by atoms with Crippen LogP contribution in [0.3, 0.4) is 0 Å². The second-order valence-electron chi connectivity index (χ2n) is 5.85. The predicted octanol–water partition coefficient (Wildman–Crippen LogP) is 5.45. The van der Waals surface area contributed by atoms with Crippen LogP contribution in [0, 0.1) is 0 Å². The van der Waals surface area contributed by atoms with Gasteiger partial charge in [0.25, 0.3) is 0 Å². The van der Waals surface area contributed by atoms with E-state index in [-0.39, 0.29) is 0 Å². The second kappa shape index (κ2) is 5.23. The maximum Gasteiger partial charge on any atom is 0.0479 e. The summed E-state index contributed by atoms with van der Waals surface area (Å²) in [5.41, 5.74) is 7.18. The molecular formula is C18H19ClSi. The van der Waals surface area contributed by atoms with Crippen LogP contribution in [-0.4, -0.2) is 8.80 Å². The number of halogens is 1. The quantitative estimate of drug-likeness (QED) is 0.647. The first-order valence-corrected chi connectivity index (χ1v) is 10.5. The summed E-state index contributed by atoms with van der Waals surface area (Å²) in [6.45, 7) is 7.01. The molecule has 1 aliphatic carbocycles. The third kappa shape index (κ3) is 2.06. The van der Waals surface area contributed by atoms with Crippen LogP contribution < -0.4 is 0 Å². The molecule has 0 aromatic heterocycles. The SMILES string of the molecule is CC1=C(Cl)c2c(-c3ccccc3)cccc2C1[SiH](C)C. The molecule has 0 aliphatic heterocycles. The monoisotopic (exact) mass is 298 g/mol. The fourth-order valence-electron chi connectivity index (χ4n) is 3.36. The number of hydrogen-bond donors (Lipinski definition) is 0. The summed E-state index contributed by atoms with van der Waals surface area (Å²) in [6.07, 6.45) is 0. The first-order valence-electron chi connectivity index (χ1n) is 7.16. The third-order valence-electron chi connectivity index (χ3n) is 4.22. The molecule has 2 aromatic carbocycles. The molecule has 102 valence electrons. The minimum absolute atomic E-state index is 0.584. The van der Waals surface area contributed by atoms with Crippen LogP contribution in [0.1, 0.15) is 23.6 Å². The Morgan fingerprint density at radius 2 is 1.65 bits per heavy atom. The van der Waals surface area contributed by atoms with Gasteiger partial charge in [0, 0.05) is 19.4 Å². The van der Waals surface area contributed by atoms with Crippen molar-refractivity contribution >= 4 is 25.4 Å². The molecule has 3 rings (SSSR count). The van der Waals surface area contributed by atoms with Crippen molar-refractivity contribution in [2.75, 3.05) is 0 Å². The van der Waals surface area contributed by atoms with Crippen LogP contribution in [0.15, 0.2) is 54.1 Å². The molecule has 0 fully saturated rings. The molecule has 20 heavy (non-hydrogen) atoms. The Morgan fingerprint density at radius 1 is 0.950 bits per heavy atom. The highest BCUT2D eigenvalue weighted by Crippen LogP contribution is 2.48. The molecule has 1 atom stereocenters. The van der Waals surface area contributed by atoms with E-state index in [1.165, 1.54) is 27.8 Å². The fourth-order valence-corrected chi connectivity index (χ4v) is 5.96. The lowest BCUT2D eigenvalue weighted by atomic mass is 9.97. The molecule has 0 heterocycles. The molecular weight excluding hydrogens is 280 g/mol. The van der Waals surface area contributed by atoms with E-state index in [0.29, 0.717) is 5.54 Å². The third-order valence-corrected chi connectivity index (χ3v) is 6.89. The van der Waals surface area contributed by atoms with Gasteiger partial charge in [-0.25, -0.2) is 0 Å². The molecule has 1 aliphatic rings. The topological polar surface area (TPSA) is 0 Å². The number of rotatable bonds is 2. The zero-order valence-corrected chi connectivity index (χ0v) is 14.1. The predicted molar refractivity (Wildman–Crippen MR) is 91.9 cm³/mol. The van der Waals surface area contributed by atoms with Gasteiger partial charge in [-0.15, -0.1) is 0 Å². The van der Waals surface area contributed by atoms with Crippen molar-refractivity contribution in [3.8, 4) is 11.1 Å². The van der Waals surface area contributed by atoms with Crippen molar-refractivity contribution in [1.82, 2.24) is 0 Å². The van der Waals surface area contributed by atoms with Crippen LogP contribution in [0.2, 0.25) is 13.1 Å². The summed E-state index contributed by atoms with van der Waals surface area (Å²) in [5.74, 6) is 0. The maximum atomic E-state index is 6.69. The standard InChI is InChI=1S/C18H19ClSi/c1-12-17(19)16-14(13-8-5-4-6-9-13)10-7-11-15(16)18(12)20(2)3/h4-11,18,20H,1-3H3. The average molecular weight is 299 g/mol. The van der Waals surface area contributed by atoms with Gasteiger partial charge in [-0.2, -0.15) is 0 Å². The van der Waals surface area contributed by atoms with Crippen molar-refractivity contribution in [3.63, 3.8) is 0 Å². The van der Waals surface area contributed by atoms with E-state index in [0.717, 1.165) is 5.03 Å². The van der Waals surface area contributed by atoms with E-state index >= 15 is 0 Å². The zero-order valence-electron chi connectivity index (χ0n) is 12.2. The molecule has 0 saturated heterocycles. The molecule has 0 saturated carbocycles. The van der Waals surface area contributed by atoms with Gasteiger partial charge in [0.2, 0.25) is 0 Å². The first kappa shape index (κ1) is 13.7. The maximum absolute atomic E-state index is 6.69. The highest BCUT2D eigenvalue weighted by Gasteiger charge is 2.32. The second-order valence-corrected chi connectivity index (χ2v) is 9.39. The van der Waals surface area contributed by atoms with Gasteiger partial charge in [-0.3, -0.25) is 0 Å². The summed E-state index contributed by atoms with van der Waals surface area (Å²) in [5, 5.41) is 0.977. The van der Waals surface area contributed by atoms with Crippen LogP contribution in [0.5, 0.6) is 0 Å². The van der Waals surface area contributed by atoms with Gasteiger partial charge in [0.05, 0.1) is 0 Å². The summed E-state index contributed by atoms with van der Waals surface area (Å²) in [4.78, 5) is 0. The number of fused-ring (bicyclic) bond motifs is 1. The van der Waals surface area contributed by atoms with Crippen LogP contribution in [0.4, 0.5) is 0 Å². The Bertz CT molecular complexity index is 671. The first-order chi connectivity index (χ1) is 9.61. The van der Waals surface area contributed by atoms with E-state index in [2.05, 4.69) is 68.5 Å². The van der Waals surface area contributed by atoms with Crippen molar-refractivity contribution in [2.24, 2.45) is 0 Å². The molecule has 0 bridgehead atoms. The lowest BCUT2D eigenvalue weighted by Crippen LogP contribution is -2.15. The summed E-state index contributed by atoms with van der Waals surface area (Å²) in [6, 6.07) is 17.2. The molecule has 2 heteroatoms. The van der Waals surface area contributed by atoms with E-state index in [9.17, 15) is 0 Å². The van der Waals surface area contributed by atoms with Gasteiger partial charge in [0.1, 0.15) is 0 Å². The van der Waals surface area contributed by atoms with Gasteiger partial charge in [-0.05, 0) is 34.7 Å². The van der Waals surface area contributed by atoms with Crippen molar-refractivity contribution in [3.05, 3.63) is 65.2 Å². The largest absolute Gasteiger partial charge is 0.0837 e. The molecule has 1 unspecified atom stereocenters. The minimum Gasteiger partial charge on any atom is -0.0837 e. The highest BCUT2D eigenvalue weighted by molar-refractivity contribution is 6.61. The Balaban J connectivity index is 2.24. The summed E-state index contributed by atoms with van der Waals surface area (Å²) in [7, 11) is -0.813. The van der Waals surface area contributed by atoms with Crippen LogP contribution >= 0.6 is 11.6 Å². The molecule has 2 aromatic rings. The number of hydrogen-bond acceptors (Lipinski definition) is 0. The Labute approximate surface area is 127 Å². The highest BCUT2D eigenvalue weighted by atomic mass is 35.5. The van der Waals surface area contributed by atoms with Crippen molar-refractivity contribution < 1.29 is 0 Å². The van der Waals surface area contributed by atoms with E-state index in [1.807, 2.05) is 0 Å². The van der Waals surface area contributed by atoms with Gasteiger partial charge < -0.3 is 0 Å². The summed E-state index contributed by atoms with van der Waals surface area (Å²) >= 11 is 6.69.